The molecule has 9 heteroatoms. The summed E-state index contributed by atoms with van der Waals surface area (Å²) in [5, 5.41) is 5.79. The molecule has 0 aliphatic carbocycles. The molecule has 0 bridgehead atoms. The second-order valence-electron chi connectivity index (χ2n) is 4.38. The lowest BCUT2D eigenvalue weighted by Crippen LogP contribution is -3.00. The Balaban J connectivity index is 0.00000242. The fraction of sp³-hybridized carbons (Fsp3) is 0.143. The van der Waals surface area contributed by atoms with Crippen molar-refractivity contribution in [1.29, 1.82) is 0 Å². The number of nitrogen functional groups attached to an aromatic ring is 1. The smallest absolute Gasteiger partial charge is 0.411 e. The quantitative estimate of drug-likeness (QED) is 0.410. The van der Waals surface area contributed by atoms with Crippen LogP contribution in [0.1, 0.15) is 6.92 Å². The number of halogens is 2. The highest BCUT2D eigenvalue weighted by molar-refractivity contribution is 5.85. The molecule has 0 radical (unpaired) electrons. The first kappa shape index (κ1) is 20.8. The van der Waals surface area contributed by atoms with Gasteiger partial charge in [-0.25, -0.2) is 15.1 Å². The zero-order valence-electron chi connectivity index (χ0n) is 12.5. The summed E-state index contributed by atoms with van der Waals surface area (Å²) in [6, 6.07) is 9.09. The number of aromatic amines is 1. The topological polar surface area (TPSA) is 118 Å². The van der Waals surface area contributed by atoms with Gasteiger partial charge in [0.15, 0.2) is 0 Å². The Morgan fingerprint density at radius 2 is 1.91 bits per heavy atom. The molecule has 1 aromatic heterocycles. The van der Waals surface area contributed by atoms with Crippen molar-refractivity contribution in [2.45, 2.75) is 6.92 Å². The molecule has 23 heavy (non-hydrogen) atoms. The third kappa shape index (κ3) is 6.19. The lowest BCUT2D eigenvalue weighted by atomic mass is 10.2. The highest BCUT2D eigenvalue weighted by Gasteiger charge is 2.14. The summed E-state index contributed by atoms with van der Waals surface area (Å²) in [5.74, 6) is 0.731. The molecule has 2 aromatic rings. The van der Waals surface area contributed by atoms with E-state index in [1.54, 1.807) is 19.2 Å². The zero-order valence-corrected chi connectivity index (χ0v) is 14.0. The average Bonchev–Trinajstić information content (AvgIpc) is 2.44. The second-order valence-corrected chi connectivity index (χ2v) is 4.38. The van der Waals surface area contributed by atoms with E-state index < -0.39 is 6.09 Å². The van der Waals surface area contributed by atoms with Crippen LogP contribution in [-0.4, -0.2) is 12.7 Å². The van der Waals surface area contributed by atoms with E-state index in [9.17, 15) is 4.79 Å². The second kappa shape index (κ2) is 9.73. The first-order valence-corrected chi connectivity index (χ1v) is 6.52. The predicted octanol–water partition coefficient (Wildman–Crippen LogP) is -4.72. The fourth-order valence-corrected chi connectivity index (χ4v) is 1.73. The molecule has 1 heterocycles. The molecule has 1 aromatic carbocycles. The predicted molar refractivity (Wildman–Crippen MR) is 80.3 cm³/mol. The number of rotatable bonds is 4. The summed E-state index contributed by atoms with van der Waals surface area (Å²) < 4.78 is 4.81. The van der Waals surface area contributed by atoms with Gasteiger partial charge >= 0.3 is 11.9 Å². The summed E-state index contributed by atoms with van der Waals surface area (Å²) in [7, 11) is 0. The Morgan fingerprint density at radius 3 is 2.48 bits per heavy atom. The molecule has 7 nitrogen and oxygen atoms in total. The summed E-state index contributed by atoms with van der Waals surface area (Å²) in [6.45, 7) is 2.07. The first-order chi connectivity index (χ1) is 10.1. The number of carbonyl (C=O) groups excluding carboxylic acids is 1. The SMILES string of the molecule is CCOC(=O)Nc1c[nH+]c(Nc2ccc(N)cc2)c([NH3+])c1.[Cl-].[Cl-]. The molecule has 126 valence electrons. The molecular formula is C14H19Cl2N5O2. The molecular weight excluding hydrogens is 341 g/mol. The Labute approximate surface area is 146 Å². The van der Waals surface area contributed by atoms with Crippen LogP contribution in [0.4, 0.5) is 33.4 Å². The number of hydrogen-bond donors (Lipinski definition) is 4. The maximum Gasteiger partial charge on any atom is 0.411 e. The van der Waals surface area contributed by atoms with Crippen LogP contribution >= 0.6 is 0 Å². The number of anilines is 4. The number of amides is 1. The summed E-state index contributed by atoms with van der Waals surface area (Å²) in [6.07, 6.45) is 1.16. The van der Waals surface area contributed by atoms with Gasteiger partial charge in [-0.1, -0.05) is 0 Å². The van der Waals surface area contributed by atoms with Gasteiger partial charge in [0.25, 0.3) is 0 Å². The molecule has 0 saturated carbocycles. The number of H-pyrrole nitrogens is 1. The Bertz CT molecular complexity index is 638. The standard InChI is InChI=1S/C14H17N5O2.2ClH/c1-2-21-14(20)19-11-7-12(16)13(17-8-11)18-10-5-3-9(15)4-6-10;;/h3-8H,2,15-16H2,1H3,(H,17,18)(H,19,20);2*1H. The normalized spacial score (nSPS) is 9.13. The van der Waals surface area contributed by atoms with Crippen LogP contribution in [0, 0.1) is 0 Å². The average molecular weight is 360 g/mol. The molecule has 1 amide bonds. The zero-order chi connectivity index (χ0) is 15.2. The summed E-state index contributed by atoms with van der Waals surface area (Å²) >= 11 is 0. The van der Waals surface area contributed by atoms with Gasteiger partial charge in [-0.15, -0.1) is 0 Å². The van der Waals surface area contributed by atoms with Gasteiger partial charge in [0.1, 0.15) is 11.9 Å². The van der Waals surface area contributed by atoms with Crippen LogP contribution in [-0.2, 0) is 4.74 Å². The van der Waals surface area contributed by atoms with E-state index in [0.29, 0.717) is 23.7 Å². The number of quaternary nitrogens is 1. The number of benzene rings is 1. The fourth-order valence-electron chi connectivity index (χ4n) is 1.73. The van der Waals surface area contributed by atoms with Crippen molar-refractivity contribution < 1.29 is 45.1 Å². The molecule has 0 aliphatic rings. The van der Waals surface area contributed by atoms with Crippen molar-refractivity contribution in [2.24, 2.45) is 0 Å². The van der Waals surface area contributed by atoms with Crippen LogP contribution in [0.2, 0.25) is 0 Å². The van der Waals surface area contributed by atoms with E-state index in [4.69, 9.17) is 10.5 Å². The van der Waals surface area contributed by atoms with E-state index >= 15 is 0 Å². The molecule has 8 N–H and O–H groups in total. The number of ether oxygens (including phenoxy) is 1. The highest BCUT2D eigenvalue weighted by Crippen LogP contribution is 2.20. The maximum atomic E-state index is 11.3. The van der Waals surface area contributed by atoms with Crippen molar-refractivity contribution in [3.8, 4) is 0 Å². The molecule has 0 unspecified atom stereocenters. The van der Waals surface area contributed by atoms with Crippen LogP contribution < -0.4 is 51.9 Å². The van der Waals surface area contributed by atoms with Crippen LogP contribution in [0.15, 0.2) is 36.5 Å². The van der Waals surface area contributed by atoms with E-state index in [1.807, 2.05) is 24.3 Å². The van der Waals surface area contributed by atoms with Crippen molar-refractivity contribution in [2.75, 3.05) is 23.0 Å². The number of nitrogens with one attached hydrogen (secondary N) is 3. The maximum absolute atomic E-state index is 11.3. The van der Waals surface area contributed by atoms with Crippen LogP contribution in [0.25, 0.3) is 0 Å². The van der Waals surface area contributed by atoms with E-state index in [2.05, 4.69) is 21.4 Å². The first-order valence-electron chi connectivity index (χ1n) is 6.52. The van der Waals surface area contributed by atoms with Crippen molar-refractivity contribution in [1.82, 2.24) is 0 Å². The van der Waals surface area contributed by atoms with Crippen LogP contribution in [0.3, 0.4) is 0 Å². The minimum absolute atomic E-state index is 0. The molecule has 0 fully saturated rings. The van der Waals surface area contributed by atoms with Gasteiger partial charge in [-0.3, -0.25) is 5.32 Å². The molecule has 2 rings (SSSR count). The third-order valence-corrected chi connectivity index (χ3v) is 2.72. The monoisotopic (exact) mass is 359 g/mol. The highest BCUT2D eigenvalue weighted by atomic mass is 35.5. The largest absolute Gasteiger partial charge is 1.00 e. The minimum atomic E-state index is -0.496. The number of nitrogens with two attached hydrogens (primary N) is 1. The van der Waals surface area contributed by atoms with Gasteiger partial charge in [0, 0.05) is 11.8 Å². The molecule has 0 spiro atoms. The van der Waals surface area contributed by atoms with Gasteiger partial charge in [0.2, 0.25) is 5.69 Å². The van der Waals surface area contributed by atoms with Crippen molar-refractivity contribution in [3.63, 3.8) is 0 Å². The van der Waals surface area contributed by atoms with Gasteiger partial charge in [-0.05, 0) is 31.2 Å². The number of pyridine rings is 1. The van der Waals surface area contributed by atoms with Gasteiger partial charge in [0.05, 0.1) is 12.3 Å². The minimum Gasteiger partial charge on any atom is -1.00 e. The summed E-state index contributed by atoms with van der Waals surface area (Å²) in [5.41, 5.74) is 12.5. The lowest BCUT2D eigenvalue weighted by Gasteiger charge is -2.05. The lowest BCUT2D eigenvalue weighted by molar-refractivity contribution is -0.371. The molecule has 0 atom stereocenters. The van der Waals surface area contributed by atoms with Gasteiger partial charge < -0.3 is 41.0 Å². The van der Waals surface area contributed by atoms with E-state index in [-0.39, 0.29) is 24.8 Å². The number of hydrogen-bond acceptors (Lipinski definition) is 4. The Morgan fingerprint density at radius 1 is 1.26 bits per heavy atom. The van der Waals surface area contributed by atoms with Crippen molar-refractivity contribution >= 4 is 34.7 Å². The van der Waals surface area contributed by atoms with Crippen LogP contribution in [0.5, 0.6) is 0 Å². The third-order valence-electron chi connectivity index (χ3n) is 2.72. The number of carbonyl (C=O) groups is 1. The van der Waals surface area contributed by atoms with Crippen molar-refractivity contribution in [3.05, 3.63) is 36.5 Å². The number of aromatic nitrogens is 1. The molecule has 0 saturated heterocycles. The summed E-state index contributed by atoms with van der Waals surface area (Å²) in [4.78, 5) is 14.4. The van der Waals surface area contributed by atoms with Gasteiger partial charge in [-0.2, -0.15) is 0 Å². The Kier molecular flexibility index (Phi) is 8.79. The molecule has 0 aliphatic heterocycles. The Hall–Kier alpha value is -2.22. The van der Waals surface area contributed by atoms with E-state index in [1.165, 1.54) is 0 Å². The van der Waals surface area contributed by atoms with E-state index in [0.717, 1.165) is 11.5 Å².